The number of likely N-dealkylation sites (N-methyl/N-ethyl adjacent to an activating group) is 1. The van der Waals surface area contributed by atoms with E-state index in [0.29, 0.717) is 6.42 Å². The Balaban J connectivity index is 1.83. The molecule has 1 aliphatic carbocycles. The Kier molecular flexibility index (Phi) is 12.3. The van der Waals surface area contributed by atoms with Crippen LogP contribution in [0.1, 0.15) is 59.8 Å². The second-order valence-electron chi connectivity index (χ2n) is 12.0. The molecule has 0 aromatic rings. The van der Waals surface area contributed by atoms with Gasteiger partial charge in [-0.05, 0) is 52.0 Å². The molecule has 15 atom stereocenters. The summed E-state index contributed by atoms with van der Waals surface area (Å²) in [6.07, 6.45) is -9.22. The minimum absolute atomic E-state index is 0.0293. The lowest BCUT2D eigenvalue weighted by Crippen LogP contribution is -2.68. The van der Waals surface area contributed by atoms with Crippen LogP contribution in [0.4, 0.5) is 0 Å². The fraction of sp³-hybridized carbons (Fsp3) is 0.963. The average Bonchev–Trinajstić information content (AvgIpc) is 2.93. The van der Waals surface area contributed by atoms with Gasteiger partial charge in [0.15, 0.2) is 18.7 Å². The van der Waals surface area contributed by atoms with Crippen LogP contribution in [-0.2, 0) is 23.7 Å². The predicted molar refractivity (Wildman–Crippen MR) is 145 cm³/mol. The van der Waals surface area contributed by atoms with Crippen LogP contribution >= 0.6 is 0 Å². The first-order chi connectivity index (χ1) is 19.2. The van der Waals surface area contributed by atoms with Gasteiger partial charge >= 0.3 is 0 Å². The van der Waals surface area contributed by atoms with Gasteiger partial charge in [-0.3, -0.25) is 4.79 Å². The summed E-state index contributed by atoms with van der Waals surface area (Å²) < 4.78 is 24.0. The van der Waals surface area contributed by atoms with E-state index in [1.165, 1.54) is 6.92 Å². The van der Waals surface area contributed by atoms with Crippen LogP contribution in [0.3, 0.4) is 0 Å². The third-order valence-corrected chi connectivity index (χ3v) is 8.67. The molecule has 2 aliphatic heterocycles. The number of amides is 1. The van der Waals surface area contributed by atoms with Crippen LogP contribution in [0.25, 0.3) is 0 Å². The number of carbonyl (C=O) groups excluding carboxylic acids is 1. The first-order valence-corrected chi connectivity index (χ1v) is 14.7. The van der Waals surface area contributed by atoms with Crippen molar-refractivity contribution in [2.24, 2.45) is 11.7 Å². The largest absolute Gasteiger partial charge is 0.390 e. The van der Waals surface area contributed by atoms with Gasteiger partial charge in [0.25, 0.3) is 5.91 Å². The quantitative estimate of drug-likeness (QED) is 0.120. The fourth-order valence-electron chi connectivity index (χ4n) is 6.02. The van der Waals surface area contributed by atoms with Gasteiger partial charge in [0.2, 0.25) is 0 Å². The minimum atomic E-state index is -1.94. The van der Waals surface area contributed by atoms with Crippen LogP contribution in [0, 0.1) is 5.92 Å². The normalized spacial score (nSPS) is 44.1. The number of hydrogen-bond acceptors (Lipinski definition) is 13. The van der Waals surface area contributed by atoms with Gasteiger partial charge in [-0.25, -0.2) is 0 Å². The van der Waals surface area contributed by atoms with Gasteiger partial charge in [0.05, 0.1) is 43.0 Å². The highest BCUT2D eigenvalue weighted by Crippen LogP contribution is 2.35. The van der Waals surface area contributed by atoms with Gasteiger partial charge in [-0.1, -0.05) is 20.8 Å². The number of aliphatic hydroxyl groups is 6. The summed E-state index contributed by atoms with van der Waals surface area (Å²) in [5.41, 5.74) is 4.87. The molecule has 6 unspecified atom stereocenters. The molecule has 2 saturated heterocycles. The van der Waals surface area contributed by atoms with E-state index in [1.54, 1.807) is 14.0 Å². The smallest absolute Gasteiger partial charge is 0.251 e. The number of rotatable bonds is 11. The fourth-order valence-corrected chi connectivity index (χ4v) is 6.02. The minimum Gasteiger partial charge on any atom is -0.390 e. The standard InChI is InChI=1S/C27H51N3O11/c1-6-13-8-9-14(28)25(39-13)40-21-12(3)10-15(30-24(36)18(33)17(32)16(31)7-2)22(19(21)34)41-26-20(35)23(29-5)27(4,37)11-38-26/h12-23,25-26,29,31-35,37H,6-11,28H2,1-5H3,(H,30,36)/t12-,13+,14?,15+,16-,17-,18-,19?,20?,21?,22?,23+,25+,26+,27?/m0/s1. The number of ether oxygens (including phenoxy) is 4. The van der Waals surface area contributed by atoms with E-state index in [1.807, 2.05) is 13.8 Å². The molecule has 0 bridgehead atoms. The second-order valence-corrected chi connectivity index (χ2v) is 12.0. The molecule has 240 valence electrons. The molecule has 1 amide bonds. The molecule has 3 aliphatic rings. The van der Waals surface area contributed by atoms with Gasteiger partial charge in [0, 0.05) is 0 Å². The molecule has 10 N–H and O–H groups in total. The first-order valence-electron chi connectivity index (χ1n) is 14.7. The summed E-state index contributed by atoms with van der Waals surface area (Å²) in [7, 11) is 1.57. The Bertz CT molecular complexity index is 838. The average molecular weight is 594 g/mol. The summed E-state index contributed by atoms with van der Waals surface area (Å²) in [5, 5.41) is 69.1. The highest BCUT2D eigenvalue weighted by Gasteiger charge is 2.52. The van der Waals surface area contributed by atoms with Crippen LogP contribution in [0.2, 0.25) is 0 Å². The third kappa shape index (κ3) is 7.94. The molecule has 41 heavy (non-hydrogen) atoms. The van der Waals surface area contributed by atoms with Gasteiger partial charge in [-0.15, -0.1) is 0 Å². The molecule has 0 aromatic carbocycles. The monoisotopic (exact) mass is 593 g/mol. The first kappa shape index (κ1) is 34.5. The lowest BCUT2D eigenvalue weighted by atomic mass is 9.79. The molecule has 14 nitrogen and oxygen atoms in total. The molecule has 14 heteroatoms. The predicted octanol–water partition coefficient (Wildman–Crippen LogP) is -2.57. The van der Waals surface area contributed by atoms with Gasteiger partial charge in [0.1, 0.15) is 30.0 Å². The van der Waals surface area contributed by atoms with Crippen LogP contribution in [-0.4, -0.2) is 135 Å². The van der Waals surface area contributed by atoms with E-state index in [0.717, 1.165) is 12.8 Å². The van der Waals surface area contributed by atoms with Crippen molar-refractivity contribution in [3.63, 3.8) is 0 Å². The molecule has 0 aromatic heterocycles. The number of hydrogen-bond donors (Lipinski definition) is 9. The highest BCUT2D eigenvalue weighted by molar-refractivity contribution is 5.81. The maximum absolute atomic E-state index is 12.9. The summed E-state index contributed by atoms with van der Waals surface area (Å²) in [4.78, 5) is 12.9. The Morgan fingerprint density at radius 1 is 1.10 bits per heavy atom. The van der Waals surface area contributed by atoms with Crippen molar-refractivity contribution in [2.75, 3.05) is 13.7 Å². The van der Waals surface area contributed by atoms with Crippen molar-refractivity contribution >= 4 is 5.91 Å². The molecule has 2 heterocycles. The molecule has 0 radical (unpaired) electrons. The maximum atomic E-state index is 12.9. The van der Waals surface area contributed by atoms with E-state index in [2.05, 4.69) is 10.6 Å². The van der Waals surface area contributed by atoms with Gasteiger partial charge < -0.3 is 66.0 Å². The Labute approximate surface area is 241 Å². The van der Waals surface area contributed by atoms with Crippen molar-refractivity contribution in [3.05, 3.63) is 0 Å². The Morgan fingerprint density at radius 2 is 1.76 bits per heavy atom. The van der Waals surface area contributed by atoms with E-state index >= 15 is 0 Å². The maximum Gasteiger partial charge on any atom is 0.251 e. The molecule has 1 saturated carbocycles. The van der Waals surface area contributed by atoms with Crippen molar-refractivity contribution < 1.29 is 54.4 Å². The number of nitrogens with one attached hydrogen (secondary N) is 2. The van der Waals surface area contributed by atoms with Crippen LogP contribution in [0.15, 0.2) is 0 Å². The van der Waals surface area contributed by atoms with Crippen molar-refractivity contribution in [2.45, 2.75) is 145 Å². The number of aliphatic hydroxyl groups excluding tert-OH is 5. The SMILES string of the molecule is CC[C@@H]1CCC(N)[C@@H](OC2C(O)C(O[C@H]3OCC(C)(O)[C@H](NC)C3O)[C@H](NC(=O)[C@@H](O)[C@@H](O)[C@@H](O)CC)C[C@@H]2C)O1. The van der Waals surface area contributed by atoms with Crippen LogP contribution < -0.4 is 16.4 Å². The zero-order valence-electron chi connectivity index (χ0n) is 24.6. The Morgan fingerprint density at radius 3 is 2.37 bits per heavy atom. The Hall–Kier alpha value is -1.01. The lowest BCUT2D eigenvalue weighted by molar-refractivity contribution is -0.311. The molecule has 3 rings (SSSR count). The van der Waals surface area contributed by atoms with Gasteiger partial charge in [-0.2, -0.15) is 0 Å². The summed E-state index contributed by atoms with van der Waals surface area (Å²) in [6, 6.07) is -2.14. The summed E-state index contributed by atoms with van der Waals surface area (Å²) >= 11 is 0. The zero-order valence-corrected chi connectivity index (χ0v) is 24.6. The molecule has 3 fully saturated rings. The number of nitrogens with two attached hydrogens (primary N) is 1. The molecular formula is C27H51N3O11. The van der Waals surface area contributed by atoms with Crippen molar-refractivity contribution in [1.29, 1.82) is 0 Å². The summed E-state index contributed by atoms with van der Waals surface area (Å²) in [6.45, 7) is 6.74. The van der Waals surface area contributed by atoms with E-state index in [4.69, 9.17) is 24.7 Å². The zero-order chi connectivity index (χ0) is 30.6. The second kappa shape index (κ2) is 14.6. The third-order valence-electron chi connectivity index (χ3n) is 8.67. The highest BCUT2D eigenvalue weighted by atomic mass is 16.7. The van der Waals surface area contributed by atoms with Crippen molar-refractivity contribution in [3.8, 4) is 0 Å². The molecule has 0 spiro atoms. The summed E-state index contributed by atoms with van der Waals surface area (Å²) in [5.74, 6) is -1.31. The van der Waals surface area contributed by atoms with E-state index in [9.17, 15) is 35.4 Å². The number of carbonyl (C=O) groups is 1. The lowest BCUT2D eigenvalue weighted by Gasteiger charge is -2.49. The van der Waals surface area contributed by atoms with Crippen molar-refractivity contribution in [1.82, 2.24) is 10.6 Å². The van der Waals surface area contributed by atoms with E-state index in [-0.39, 0.29) is 31.5 Å². The van der Waals surface area contributed by atoms with E-state index < -0.39 is 84.9 Å². The molecular weight excluding hydrogens is 542 g/mol. The van der Waals surface area contributed by atoms with Crippen LogP contribution in [0.5, 0.6) is 0 Å². The topological polar surface area (TPSA) is 225 Å².